The molecule has 0 atom stereocenters. The molecule has 1 fully saturated rings. The number of hydrogen-bond acceptors (Lipinski definition) is 2. The SMILES string of the molecule is C[N+]1=C(/C=C/C=C2\CCCN2c2ccccc2O)C(C)(C)c2ccccc21. The number of nitrogens with zero attached hydrogens (tertiary/aromatic N) is 2. The molecule has 4 rings (SSSR count). The lowest BCUT2D eigenvalue weighted by Crippen LogP contribution is -2.26. The Bertz CT molecular complexity index is 966. The number of anilines is 1. The maximum Gasteiger partial charge on any atom is 0.209 e. The Balaban J connectivity index is 1.62. The predicted octanol–water partition coefficient (Wildman–Crippen LogP) is 5.14. The first-order valence-corrected chi connectivity index (χ1v) is 9.63. The van der Waals surface area contributed by atoms with E-state index < -0.39 is 0 Å². The lowest BCUT2D eigenvalue weighted by molar-refractivity contribution is -0.401. The average Bonchev–Trinajstić information content (AvgIpc) is 3.19. The molecule has 0 unspecified atom stereocenters. The zero-order valence-corrected chi connectivity index (χ0v) is 16.3. The van der Waals surface area contributed by atoms with Gasteiger partial charge < -0.3 is 10.0 Å². The highest BCUT2D eigenvalue weighted by molar-refractivity contribution is 6.03. The van der Waals surface area contributed by atoms with Gasteiger partial charge >= 0.3 is 0 Å². The molecule has 2 heterocycles. The fraction of sp³-hybridized carbons (Fsp3) is 0.292. The van der Waals surface area contributed by atoms with Crippen LogP contribution in [0.5, 0.6) is 5.75 Å². The average molecular weight is 359 g/mol. The van der Waals surface area contributed by atoms with Gasteiger partial charge in [0.1, 0.15) is 12.8 Å². The number of hydrogen-bond donors (Lipinski definition) is 1. The molecule has 3 nitrogen and oxygen atoms in total. The van der Waals surface area contributed by atoms with E-state index in [0.29, 0.717) is 5.75 Å². The van der Waals surface area contributed by atoms with Crippen LogP contribution in [-0.4, -0.2) is 29.0 Å². The summed E-state index contributed by atoms with van der Waals surface area (Å²) in [6, 6.07) is 16.2. The molecule has 0 spiro atoms. The molecule has 3 heteroatoms. The molecule has 0 aromatic heterocycles. The Hall–Kier alpha value is -2.81. The molecule has 0 aliphatic carbocycles. The van der Waals surface area contributed by atoms with Crippen LogP contribution in [-0.2, 0) is 5.41 Å². The monoisotopic (exact) mass is 359 g/mol. The van der Waals surface area contributed by atoms with Gasteiger partial charge in [-0.05, 0) is 44.9 Å². The Morgan fingerprint density at radius 2 is 1.81 bits per heavy atom. The van der Waals surface area contributed by atoms with Crippen molar-refractivity contribution in [2.75, 3.05) is 18.5 Å². The Labute approximate surface area is 161 Å². The summed E-state index contributed by atoms with van der Waals surface area (Å²) in [7, 11) is 2.14. The molecule has 2 aliphatic rings. The minimum absolute atomic E-state index is 0.00654. The summed E-state index contributed by atoms with van der Waals surface area (Å²) in [6.45, 7) is 5.52. The highest BCUT2D eigenvalue weighted by Gasteiger charge is 2.42. The molecular formula is C24H27N2O+. The van der Waals surface area contributed by atoms with E-state index in [-0.39, 0.29) is 5.41 Å². The van der Waals surface area contributed by atoms with E-state index >= 15 is 0 Å². The molecule has 1 saturated heterocycles. The molecule has 2 aromatic carbocycles. The van der Waals surface area contributed by atoms with E-state index in [1.807, 2.05) is 18.2 Å². The summed E-state index contributed by atoms with van der Waals surface area (Å²) in [4.78, 5) is 2.22. The van der Waals surface area contributed by atoms with E-state index in [9.17, 15) is 5.11 Å². The lowest BCUT2D eigenvalue weighted by Gasteiger charge is -2.21. The highest BCUT2D eigenvalue weighted by atomic mass is 16.3. The fourth-order valence-corrected chi connectivity index (χ4v) is 4.39. The minimum Gasteiger partial charge on any atom is -0.506 e. The van der Waals surface area contributed by atoms with Crippen molar-refractivity contribution in [3.05, 3.63) is 78.0 Å². The maximum atomic E-state index is 10.2. The van der Waals surface area contributed by atoms with E-state index in [0.717, 1.165) is 25.1 Å². The molecule has 2 aromatic rings. The first-order chi connectivity index (χ1) is 13.0. The summed E-state index contributed by atoms with van der Waals surface area (Å²) in [5.74, 6) is 0.343. The number of para-hydroxylation sites is 3. The van der Waals surface area contributed by atoms with Gasteiger partial charge in [-0.15, -0.1) is 0 Å². The van der Waals surface area contributed by atoms with E-state index in [1.165, 1.54) is 22.7 Å². The van der Waals surface area contributed by atoms with Crippen LogP contribution >= 0.6 is 0 Å². The quantitative estimate of drug-likeness (QED) is 0.768. The predicted molar refractivity (Wildman–Crippen MR) is 112 cm³/mol. The third-order valence-corrected chi connectivity index (χ3v) is 5.82. The second-order valence-corrected chi connectivity index (χ2v) is 7.85. The second kappa shape index (κ2) is 6.73. The van der Waals surface area contributed by atoms with Gasteiger partial charge in [0.15, 0.2) is 5.71 Å². The van der Waals surface area contributed by atoms with Crippen molar-refractivity contribution in [3.63, 3.8) is 0 Å². The first-order valence-electron chi connectivity index (χ1n) is 9.63. The van der Waals surface area contributed by atoms with Crippen molar-refractivity contribution in [2.24, 2.45) is 0 Å². The third kappa shape index (κ3) is 2.97. The summed E-state index contributed by atoms with van der Waals surface area (Å²) in [5, 5.41) is 10.2. The van der Waals surface area contributed by atoms with E-state index in [2.05, 4.69) is 72.9 Å². The van der Waals surface area contributed by atoms with Gasteiger partial charge in [-0.25, -0.2) is 0 Å². The molecule has 0 radical (unpaired) electrons. The van der Waals surface area contributed by atoms with Crippen LogP contribution in [0.4, 0.5) is 11.4 Å². The molecule has 0 amide bonds. The van der Waals surface area contributed by atoms with Crippen LogP contribution in [0, 0.1) is 0 Å². The number of fused-ring (bicyclic) bond motifs is 1. The van der Waals surface area contributed by atoms with Crippen LogP contribution in [0.25, 0.3) is 0 Å². The van der Waals surface area contributed by atoms with Crippen LogP contribution < -0.4 is 4.90 Å². The van der Waals surface area contributed by atoms with E-state index in [4.69, 9.17) is 0 Å². The van der Waals surface area contributed by atoms with Gasteiger partial charge in [0.2, 0.25) is 5.69 Å². The Morgan fingerprint density at radius 3 is 2.59 bits per heavy atom. The molecular weight excluding hydrogens is 332 g/mol. The molecule has 1 N–H and O–H groups in total. The summed E-state index contributed by atoms with van der Waals surface area (Å²) in [6.07, 6.45) is 8.73. The lowest BCUT2D eigenvalue weighted by atomic mass is 9.81. The highest BCUT2D eigenvalue weighted by Crippen LogP contribution is 2.39. The van der Waals surface area contributed by atoms with Crippen molar-refractivity contribution in [3.8, 4) is 5.75 Å². The van der Waals surface area contributed by atoms with Gasteiger partial charge in [-0.2, -0.15) is 4.58 Å². The minimum atomic E-state index is -0.00654. The zero-order chi connectivity index (χ0) is 19.0. The summed E-state index contributed by atoms with van der Waals surface area (Å²) < 4.78 is 2.29. The number of rotatable bonds is 3. The largest absolute Gasteiger partial charge is 0.506 e. The van der Waals surface area contributed by atoms with Crippen molar-refractivity contribution in [2.45, 2.75) is 32.1 Å². The standard InChI is InChI=1S/C24H26N2O/c1-24(2)19-12-4-5-13-20(19)25(3)23(24)16-8-10-18-11-9-17-26(18)21-14-6-7-15-22(21)27/h4-8,10,12-16H,9,11,17H2,1-3H3/p+1. The van der Waals surface area contributed by atoms with Crippen LogP contribution in [0.1, 0.15) is 32.3 Å². The van der Waals surface area contributed by atoms with Crippen molar-refractivity contribution >= 4 is 17.1 Å². The molecule has 0 saturated carbocycles. The Morgan fingerprint density at radius 1 is 1.07 bits per heavy atom. The van der Waals surface area contributed by atoms with Crippen molar-refractivity contribution in [1.29, 1.82) is 0 Å². The van der Waals surface area contributed by atoms with Gasteiger partial charge in [-0.1, -0.05) is 36.4 Å². The Kier molecular flexibility index (Phi) is 4.39. The van der Waals surface area contributed by atoms with Crippen LogP contribution in [0.2, 0.25) is 0 Å². The van der Waals surface area contributed by atoms with E-state index in [1.54, 1.807) is 6.07 Å². The summed E-state index contributed by atoms with van der Waals surface area (Å²) in [5.41, 5.74) is 6.10. The van der Waals surface area contributed by atoms with Gasteiger partial charge in [0.25, 0.3) is 0 Å². The number of phenols is 1. The molecule has 27 heavy (non-hydrogen) atoms. The number of allylic oxidation sites excluding steroid dienone is 4. The number of phenolic OH excluding ortho intramolecular Hbond substituents is 1. The van der Waals surface area contributed by atoms with Crippen molar-refractivity contribution < 1.29 is 9.68 Å². The third-order valence-electron chi connectivity index (χ3n) is 5.82. The zero-order valence-electron chi connectivity index (χ0n) is 16.3. The molecule has 0 bridgehead atoms. The second-order valence-electron chi connectivity index (χ2n) is 7.85. The first kappa shape index (κ1) is 17.6. The molecule has 2 aliphatic heterocycles. The smallest absolute Gasteiger partial charge is 0.209 e. The van der Waals surface area contributed by atoms with Crippen molar-refractivity contribution in [1.82, 2.24) is 0 Å². The topological polar surface area (TPSA) is 26.5 Å². The number of aromatic hydroxyl groups is 1. The number of benzene rings is 2. The van der Waals surface area contributed by atoms with Crippen LogP contribution in [0.3, 0.4) is 0 Å². The summed E-state index contributed by atoms with van der Waals surface area (Å²) >= 11 is 0. The maximum absolute atomic E-state index is 10.2. The van der Waals surface area contributed by atoms with Gasteiger partial charge in [0.05, 0.1) is 11.1 Å². The van der Waals surface area contributed by atoms with Gasteiger partial charge in [0, 0.05) is 29.9 Å². The van der Waals surface area contributed by atoms with Crippen LogP contribution in [0.15, 0.2) is 72.5 Å². The fourth-order valence-electron chi connectivity index (χ4n) is 4.39. The molecule has 138 valence electrons. The normalized spacial score (nSPS) is 20.1. The van der Waals surface area contributed by atoms with Gasteiger partial charge in [-0.3, -0.25) is 0 Å².